The van der Waals surface area contributed by atoms with Gasteiger partial charge in [0, 0.05) is 31.0 Å². The zero-order valence-corrected chi connectivity index (χ0v) is 17.1. The number of aliphatic imine (C=N–C) groups is 1. The minimum Gasteiger partial charge on any atom is -0.493 e. The van der Waals surface area contributed by atoms with Gasteiger partial charge in [-0.15, -0.1) is 0 Å². The van der Waals surface area contributed by atoms with Crippen molar-refractivity contribution in [3.8, 4) is 11.5 Å². The van der Waals surface area contributed by atoms with E-state index in [4.69, 9.17) is 13.9 Å². The molecule has 0 saturated heterocycles. The van der Waals surface area contributed by atoms with Gasteiger partial charge in [-0.2, -0.15) is 0 Å². The van der Waals surface area contributed by atoms with E-state index >= 15 is 0 Å². The second-order valence-electron chi connectivity index (χ2n) is 6.25. The molecule has 0 atom stereocenters. The summed E-state index contributed by atoms with van der Waals surface area (Å²) in [6, 6.07) is 16.4. The minimum atomic E-state index is -0.295. The fraction of sp³-hybridized carbons (Fsp3) is 0.182. The summed E-state index contributed by atoms with van der Waals surface area (Å²) in [5.74, 6) is 1.83. The topological polar surface area (TPSA) is 97.1 Å². The van der Waals surface area contributed by atoms with Crippen molar-refractivity contribution in [2.24, 2.45) is 4.99 Å². The first kappa shape index (κ1) is 20.8. The van der Waals surface area contributed by atoms with Crippen LogP contribution in [0.1, 0.15) is 16.1 Å². The van der Waals surface area contributed by atoms with Gasteiger partial charge in [0.2, 0.25) is 0 Å². The van der Waals surface area contributed by atoms with E-state index in [2.05, 4.69) is 20.9 Å². The summed E-state index contributed by atoms with van der Waals surface area (Å²) in [6.45, 7) is 0.511. The Morgan fingerprint density at radius 1 is 0.967 bits per heavy atom. The molecule has 1 heterocycles. The van der Waals surface area contributed by atoms with Gasteiger partial charge in [-0.25, -0.2) is 0 Å². The molecule has 8 heteroatoms. The zero-order chi connectivity index (χ0) is 21.3. The molecule has 2 aromatic carbocycles. The van der Waals surface area contributed by atoms with Gasteiger partial charge in [-0.1, -0.05) is 12.1 Å². The number of nitrogens with one attached hydrogen (secondary N) is 3. The maximum Gasteiger partial charge on any atom is 0.291 e. The number of nitrogens with zero attached hydrogens (tertiary/aromatic N) is 1. The van der Waals surface area contributed by atoms with E-state index in [1.165, 1.54) is 6.26 Å². The Morgan fingerprint density at radius 2 is 1.77 bits per heavy atom. The van der Waals surface area contributed by atoms with Gasteiger partial charge in [0.25, 0.3) is 5.91 Å². The number of hydrogen-bond acceptors (Lipinski definition) is 5. The summed E-state index contributed by atoms with van der Waals surface area (Å²) in [5, 5.41) is 9.27. The SMILES string of the molecule is CN=C(NCc1cccc(NC(=O)c2ccco2)c1)Nc1ccc(OC)c(OC)c1. The Kier molecular flexibility index (Phi) is 6.94. The summed E-state index contributed by atoms with van der Waals surface area (Å²) in [4.78, 5) is 16.4. The first-order valence-electron chi connectivity index (χ1n) is 9.26. The summed E-state index contributed by atoms with van der Waals surface area (Å²) >= 11 is 0. The number of methoxy groups -OCH3 is 2. The minimum absolute atomic E-state index is 0.262. The van der Waals surface area contributed by atoms with Crippen molar-refractivity contribution in [3.63, 3.8) is 0 Å². The van der Waals surface area contributed by atoms with Crippen LogP contribution in [0.15, 0.2) is 70.3 Å². The molecular weight excluding hydrogens is 384 g/mol. The molecule has 0 aliphatic rings. The number of anilines is 2. The number of carbonyl (C=O) groups is 1. The predicted octanol–water partition coefficient (Wildman–Crippen LogP) is 3.74. The summed E-state index contributed by atoms with van der Waals surface area (Å²) in [5.41, 5.74) is 2.46. The molecule has 0 aliphatic heterocycles. The molecule has 3 aromatic rings. The average Bonchev–Trinajstić information content (AvgIpc) is 3.32. The largest absolute Gasteiger partial charge is 0.493 e. The van der Waals surface area contributed by atoms with Crippen LogP contribution in [0.3, 0.4) is 0 Å². The van der Waals surface area contributed by atoms with Crippen molar-refractivity contribution in [1.82, 2.24) is 5.32 Å². The lowest BCUT2D eigenvalue weighted by Gasteiger charge is -2.14. The lowest BCUT2D eigenvalue weighted by molar-refractivity contribution is 0.0996. The maximum absolute atomic E-state index is 12.1. The van der Waals surface area contributed by atoms with Crippen LogP contribution >= 0.6 is 0 Å². The van der Waals surface area contributed by atoms with E-state index in [0.29, 0.717) is 29.7 Å². The van der Waals surface area contributed by atoms with Crippen molar-refractivity contribution < 1.29 is 18.7 Å². The third kappa shape index (κ3) is 5.32. The Balaban J connectivity index is 1.60. The molecule has 3 N–H and O–H groups in total. The quantitative estimate of drug-likeness (QED) is 0.407. The van der Waals surface area contributed by atoms with Crippen LogP contribution in [0, 0.1) is 0 Å². The molecule has 1 amide bonds. The highest BCUT2D eigenvalue weighted by Crippen LogP contribution is 2.29. The highest BCUT2D eigenvalue weighted by Gasteiger charge is 2.09. The fourth-order valence-electron chi connectivity index (χ4n) is 2.78. The molecule has 0 saturated carbocycles. The fourth-order valence-corrected chi connectivity index (χ4v) is 2.78. The highest BCUT2D eigenvalue weighted by atomic mass is 16.5. The highest BCUT2D eigenvalue weighted by molar-refractivity contribution is 6.02. The van der Waals surface area contributed by atoms with Crippen molar-refractivity contribution >= 4 is 23.2 Å². The number of hydrogen-bond donors (Lipinski definition) is 3. The van der Waals surface area contributed by atoms with Crippen LogP contribution in [0.25, 0.3) is 0 Å². The van der Waals surface area contributed by atoms with Gasteiger partial charge in [-0.3, -0.25) is 9.79 Å². The van der Waals surface area contributed by atoms with Crippen molar-refractivity contribution in [2.75, 3.05) is 31.9 Å². The second-order valence-corrected chi connectivity index (χ2v) is 6.25. The van der Waals surface area contributed by atoms with Gasteiger partial charge >= 0.3 is 0 Å². The van der Waals surface area contributed by atoms with Gasteiger partial charge in [-0.05, 0) is 42.0 Å². The predicted molar refractivity (Wildman–Crippen MR) is 116 cm³/mol. The van der Waals surface area contributed by atoms with Crippen molar-refractivity contribution in [1.29, 1.82) is 0 Å². The van der Waals surface area contributed by atoms with Crippen molar-refractivity contribution in [3.05, 3.63) is 72.2 Å². The van der Waals surface area contributed by atoms with E-state index in [1.54, 1.807) is 33.4 Å². The van der Waals surface area contributed by atoms with E-state index in [9.17, 15) is 4.79 Å². The van der Waals surface area contributed by atoms with Gasteiger partial charge in [0.1, 0.15) is 0 Å². The number of guanidine groups is 1. The van der Waals surface area contributed by atoms with Crippen LogP contribution in [-0.2, 0) is 6.54 Å². The molecule has 0 fully saturated rings. The third-order valence-electron chi connectivity index (χ3n) is 4.26. The second kappa shape index (κ2) is 10.0. The molecule has 3 rings (SSSR count). The molecule has 0 bridgehead atoms. The molecule has 0 unspecified atom stereocenters. The molecule has 8 nitrogen and oxygen atoms in total. The molecule has 0 spiro atoms. The van der Waals surface area contributed by atoms with E-state index in [1.807, 2.05) is 42.5 Å². The molecular formula is C22H24N4O4. The lowest BCUT2D eigenvalue weighted by Crippen LogP contribution is -2.30. The Bertz CT molecular complexity index is 1020. The van der Waals surface area contributed by atoms with Crippen LogP contribution in [0.5, 0.6) is 11.5 Å². The van der Waals surface area contributed by atoms with Gasteiger partial charge in [0.15, 0.2) is 23.2 Å². The van der Waals surface area contributed by atoms with E-state index in [0.717, 1.165) is 11.3 Å². The smallest absolute Gasteiger partial charge is 0.291 e. The van der Waals surface area contributed by atoms with Crippen LogP contribution in [-0.4, -0.2) is 33.1 Å². The van der Waals surface area contributed by atoms with Crippen LogP contribution in [0.4, 0.5) is 11.4 Å². The number of benzene rings is 2. The summed E-state index contributed by atoms with van der Waals surface area (Å²) in [6.07, 6.45) is 1.46. The Morgan fingerprint density at radius 3 is 2.47 bits per heavy atom. The Labute approximate surface area is 174 Å². The molecule has 30 heavy (non-hydrogen) atoms. The monoisotopic (exact) mass is 408 g/mol. The van der Waals surface area contributed by atoms with Gasteiger partial charge in [0.05, 0.1) is 20.5 Å². The van der Waals surface area contributed by atoms with E-state index in [-0.39, 0.29) is 11.7 Å². The summed E-state index contributed by atoms with van der Waals surface area (Å²) in [7, 11) is 4.87. The first-order valence-corrected chi connectivity index (χ1v) is 9.26. The number of amides is 1. The molecule has 1 aromatic heterocycles. The standard InChI is InChI=1S/C22H24N4O4/c1-23-22(26-17-9-10-18(28-2)20(13-17)29-3)24-14-15-6-4-7-16(12-15)25-21(27)19-8-5-11-30-19/h4-13H,14H2,1-3H3,(H,25,27)(H2,23,24,26). The lowest BCUT2D eigenvalue weighted by atomic mass is 10.2. The number of furan rings is 1. The number of ether oxygens (including phenoxy) is 2. The number of carbonyl (C=O) groups excluding carboxylic acids is 1. The summed E-state index contributed by atoms with van der Waals surface area (Å²) < 4.78 is 15.7. The zero-order valence-electron chi connectivity index (χ0n) is 17.1. The Hall–Kier alpha value is -3.94. The normalized spacial score (nSPS) is 11.0. The van der Waals surface area contributed by atoms with Gasteiger partial charge < -0.3 is 29.8 Å². The molecule has 156 valence electrons. The van der Waals surface area contributed by atoms with E-state index < -0.39 is 0 Å². The third-order valence-corrected chi connectivity index (χ3v) is 4.26. The number of rotatable bonds is 7. The first-order chi connectivity index (χ1) is 14.6. The van der Waals surface area contributed by atoms with Crippen LogP contribution in [0.2, 0.25) is 0 Å². The molecule has 0 radical (unpaired) electrons. The maximum atomic E-state index is 12.1. The molecule has 0 aliphatic carbocycles. The average molecular weight is 408 g/mol. The van der Waals surface area contributed by atoms with Crippen LogP contribution < -0.4 is 25.4 Å². The van der Waals surface area contributed by atoms with Crippen molar-refractivity contribution in [2.45, 2.75) is 6.54 Å².